The predicted molar refractivity (Wildman–Crippen MR) is 69.7 cm³/mol. The van der Waals surface area contributed by atoms with Crippen LogP contribution in [0.1, 0.15) is 58.8 Å². The number of hydrogen-bond donors (Lipinski definition) is 1. The van der Waals surface area contributed by atoms with E-state index in [1.807, 2.05) is 4.90 Å². The van der Waals surface area contributed by atoms with Crippen LogP contribution in [-0.2, 0) is 0 Å². The molecule has 0 bridgehead atoms. The molecule has 1 nitrogen and oxygen atoms in total. The highest BCUT2D eigenvalue weighted by Gasteiger charge is 2.27. The molecule has 4 atom stereocenters. The van der Waals surface area contributed by atoms with Crippen LogP contribution in [0.4, 0.5) is 0 Å². The Bertz CT molecular complexity index is 202. The Labute approximate surface area is 102 Å². The zero-order chi connectivity index (χ0) is 11.4. The molecule has 2 fully saturated rings. The monoisotopic (exact) mass is 224 g/mol. The van der Waals surface area contributed by atoms with Crippen molar-refractivity contribution >= 4 is 0 Å². The summed E-state index contributed by atoms with van der Waals surface area (Å²) in [7, 11) is 0. The summed E-state index contributed by atoms with van der Waals surface area (Å²) in [6.07, 6.45) is 10.4. The van der Waals surface area contributed by atoms with Gasteiger partial charge in [0, 0.05) is 11.8 Å². The summed E-state index contributed by atoms with van der Waals surface area (Å²) in [6, 6.07) is 0. The minimum Gasteiger partial charge on any atom is -0.334 e. The van der Waals surface area contributed by atoms with Gasteiger partial charge in [0.25, 0.3) is 0 Å². The summed E-state index contributed by atoms with van der Waals surface area (Å²) in [5.41, 5.74) is 0. The summed E-state index contributed by atoms with van der Waals surface area (Å²) in [5.74, 6) is 3.09. The summed E-state index contributed by atoms with van der Waals surface area (Å²) in [6.45, 7) is 9.24. The van der Waals surface area contributed by atoms with Gasteiger partial charge < -0.3 is 4.90 Å². The molecule has 0 aromatic rings. The second-order valence-electron chi connectivity index (χ2n) is 6.46. The minimum atomic E-state index is 1.00. The van der Waals surface area contributed by atoms with Crippen molar-refractivity contribution in [3.63, 3.8) is 0 Å². The molecule has 1 aliphatic carbocycles. The fourth-order valence-electron chi connectivity index (χ4n) is 3.94. The van der Waals surface area contributed by atoms with Crippen LogP contribution in [0.2, 0.25) is 0 Å². The lowest BCUT2D eigenvalue weighted by atomic mass is 9.82. The van der Waals surface area contributed by atoms with Crippen molar-refractivity contribution in [2.75, 3.05) is 19.6 Å². The Morgan fingerprint density at radius 2 is 1.88 bits per heavy atom. The van der Waals surface area contributed by atoms with Crippen molar-refractivity contribution in [3.8, 4) is 0 Å². The first kappa shape index (κ1) is 12.4. The van der Waals surface area contributed by atoms with Crippen molar-refractivity contribution < 1.29 is 4.90 Å². The quantitative estimate of drug-likeness (QED) is 0.751. The van der Waals surface area contributed by atoms with Gasteiger partial charge in [0.05, 0.1) is 19.6 Å². The van der Waals surface area contributed by atoms with Crippen molar-refractivity contribution in [1.29, 1.82) is 0 Å². The largest absolute Gasteiger partial charge is 0.334 e. The third-order valence-electron chi connectivity index (χ3n) is 4.92. The van der Waals surface area contributed by atoms with Crippen LogP contribution in [0.3, 0.4) is 0 Å². The van der Waals surface area contributed by atoms with E-state index in [0.29, 0.717) is 0 Å². The molecule has 0 radical (unpaired) electrons. The van der Waals surface area contributed by atoms with Crippen LogP contribution in [-0.4, -0.2) is 19.6 Å². The van der Waals surface area contributed by atoms with Crippen LogP contribution in [0.15, 0.2) is 0 Å². The molecule has 2 rings (SSSR count). The fraction of sp³-hybridized carbons (Fsp3) is 1.00. The van der Waals surface area contributed by atoms with E-state index in [4.69, 9.17) is 0 Å². The molecule has 4 unspecified atom stereocenters. The molecular formula is C15H30N+. The van der Waals surface area contributed by atoms with Gasteiger partial charge in [0.1, 0.15) is 0 Å². The van der Waals surface area contributed by atoms with Gasteiger partial charge in [-0.15, -0.1) is 0 Å². The van der Waals surface area contributed by atoms with Crippen LogP contribution in [0.25, 0.3) is 0 Å². The molecule has 1 aliphatic heterocycles. The van der Waals surface area contributed by atoms with Gasteiger partial charge in [0.15, 0.2) is 0 Å². The highest BCUT2D eigenvalue weighted by Crippen LogP contribution is 2.27. The molecule has 1 heterocycles. The van der Waals surface area contributed by atoms with Crippen LogP contribution < -0.4 is 4.90 Å². The molecule has 0 spiro atoms. The van der Waals surface area contributed by atoms with Gasteiger partial charge in [-0.25, -0.2) is 0 Å². The summed E-state index contributed by atoms with van der Waals surface area (Å²) in [4.78, 5) is 1.93. The zero-order valence-electron chi connectivity index (χ0n) is 11.3. The lowest BCUT2D eigenvalue weighted by molar-refractivity contribution is -0.912. The van der Waals surface area contributed by atoms with Gasteiger partial charge in [0.2, 0.25) is 0 Å². The number of likely N-dealkylation sites (tertiary alicyclic amines) is 1. The van der Waals surface area contributed by atoms with Gasteiger partial charge in [-0.05, 0) is 38.0 Å². The highest BCUT2D eigenvalue weighted by molar-refractivity contribution is 4.70. The SMILES string of the molecule is CCC1CCC[NH+](CC2CCCC(C)C2)C1. The molecule has 0 aromatic carbocycles. The minimum absolute atomic E-state index is 1.00. The molecule has 0 amide bonds. The Hall–Kier alpha value is -0.0400. The topological polar surface area (TPSA) is 4.44 Å². The second-order valence-corrected chi connectivity index (χ2v) is 6.46. The van der Waals surface area contributed by atoms with Crippen molar-refractivity contribution in [3.05, 3.63) is 0 Å². The Balaban J connectivity index is 1.75. The molecule has 16 heavy (non-hydrogen) atoms. The third kappa shape index (κ3) is 3.48. The van der Waals surface area contributed by atoms with Gasteiger partial charge >= 0.3 is 0 Å². The Kier molecular flexibility index (Phi) is 4.69. The van der Waals surface area contributed by atoms with E-state index in [9.17, 15) is 0 Å². The van der Waals surface area contributed by atoms with Crippen molar-refractivity contribution in [1.82, 2.24) is 0 Å². The average molecular weight is 224 g/mol. The molecule has 1 N–H and O–H groups in total. The first-order chi connectivity index (χ1) is 7.78. The maximum atomic E-state index is 2.45. The van der Waals surface area contributed by atoms with Gasteiger partial charge in [-0.1, -0.05) is 26.7 Å². The van der Waals surface area contributed by atoms with Crippen molar-refractivity contribution in [2.45, 2.75) is 58.8 Å². The smallest absolute Gasteiger partial charge is 0.0799 e. The summed E-state index contributed by atoms with van der Waals surface area (Å²) in [5, 5.41) is 0. The zero-order valence-corrected chi connectivity index (χ0v) is 11.3. The molecule has 1 saturated carbocycles. The lowest BCUT2D eigenvalue weighted by Crippen LogP contribution is -3.14. The van der Waals surface area contributed by atoms with Gasteiger partial charge in [-0.3, -0.25) is 0 Å². The number of piperidine rings is 1. The van der Waals surface area contributed by atoms with E-state index in [0.717, 1.165) is 17.8 Å². The summed E-state index contributed by atoms with van der Waals surface area (Å²) >= 11 is 0. The molecular weight excluding hydrogens is 194 g/mol. The first-order valence-electron chi connectivity index (χ1n) is 7.61. The maximum absolute atomic E-state index is 2.45. The third-order valence-corrected chi connectivity index (χ3v) is 4.92. The second kappa shape index (κ2) is 6.05. The van der Waals surface area contributed by atoms with E-state index >= 15 is 0 Å². The summed E-state index contributed by atoms with van der Waals surface area (Å²) < 4.78 is 0. The fourth-order valence-corrected chi connectivity index (χ4v) is 3.94. The Morgan fingerprint density at radius 1 is 1.06 bits per heavy atom. The van der Waals surface area contributed by atoms with Crippen LogP contribution >= 0.6 is 0 Å². The molecule has 2 aliphatic rings. The molecule has 0 aromatic heterocycles. The molecule has 1 heteroatoms. The first-order valence-corrected chi connectivity index (χ1v) is 7.61. The van der Waals surface area contributed by atoms with Crippen molar-refractivity contribution in [2.24, 2.45) is 17.8 Å². The van der Waals surface area contributed by atoms with E-state index < -0.39 is 0 Å². The van der Waals surface area contributed by atoms with E-state index in [1.165, 1.54) is 64.6 Å². The van der Waals surface area contributed by atoms with E-state index in [2.05, 4.69) is 13.8 Å². The highest BCUT2D eigenvalue weighted by atomic mass is 15.1. The van der Waals surface area contributed by atoms with Crippen LogP contribution in [0.5, 0.6) is 0 Å². The maximum Gasteiger partial charge on any atom is 0.0799 e. The average Bonchev–Trinajstić information content (AvgIpc) is 2.29. The number of nitrogens with one attached hydrogen (secondary N) is 1. The number of rotatable bonds is 3. The lowest BCUT2D eigenvalue weighted by Gasteiger charge is -2.34. The number of quaternary nitrogens is 1. The Morgan fingerprint density at radius 3 is 2.62 bits per heavy atom. The number of hydrogen-bond acceptors (Lipinski definition) is 0. The molecule has 94 valence electrons. The van der Waals surface area contributed by atoms with E-state index in [1.54, 1.807) is 0 Å². The van der Waals surface area contributed by atoms with Crippen LogP contribution in [0, 0.1) is 17.8 Å². The van der Waals surface area contributed by atoms with Gasteiger partial charge in [-0.2, -0.15) is 0 Å². The standard InChI is InChI=1S/C15H29N/c1-3-14-8-5-9-16(11-14)12-15-7-4-6-13(2)10-15/h13-15H,3-12H2,1-2H3/p+1. The normalized spacial score (nSPS) is 40.9. The predicted octanol–water partition coefficient (Wildman–Crippen LogP) is 2.52. The van der Waals surface area contributed by atoms with E-state index in [-0.39, 0.29) is 0 Å². The molecule has 1 saturated heterocycles.